The van der Waals surface area contributed by atoms with Gasteiger partial charge in [-0.2, -0.15) is 16.8 Å². The molecular formula is C58H102O27S2. The average molecular weight is 1300 g/mol. The number of hydrogen-bond acceptors (Lipinski definition) is 27. The molecule has 508 valence electrons. The lowest BCUT2D eigenvalue weighted by molar-refractivity contribution is -0.0316. The highest BCUT2D eigenvalue weighted by atomic mass is 32.2. The van der Waals surface area contributed by atoms with Gasteiger partial charge in [-0.25, -0.2) is 0 Å². The van der Waals surface area contributed by atoms with Crippen LogP contribution in [0.4, 0.5) is 0 Å². The van der Waals surface area contributed by atoms with Crippen molar-refractivity contribution in [2.45, 2.75) is 23.6 Å². The zero-order valence-electron chi connectivity index (χ0n) is 51.6. The van der Waals surface area contributed by atoms with Gasteiger partial charge in [0, 0.05) is 0 Å². The Hall–Kier alpha value is -2.58. The van der Waals surface area contributed by atoms with E-state index in [1.54, 1.807) is 24.3 Å². The number of rotatable bonds is 70. The first-order valence-corrected chi connectivity index (χ1v) is 32.6. The third-order valence-corrected chi connectivity index (χ3v) is 13.6. The molecule has 0 aliphatic rings. The van der Waals surface area contributed by atoms with E-state index in [0.717, 1.165) is 11.1 Å². The third kappa shape index (κ3) is 53.8. The largest absolute Gasteiger partial charge is 0.377 e. The average Bonchev–Trinajstić information content (AvgIpc) is 3.29. The summed E-state index contributed by atoms with van der Waals surface area (Å²) >= 11 is 0. The molecule has 27 nitrogen and oxygen atoms in total. The monoisotopic (exact) mass is 1290 g/mol. The summed E-state index contributed by atoms with van der Waals surface area (Å²) in [6.45, 7) is 21.7. The molecule has 0 fully saturated rings. The van der Waals surface area contributed by atoms with Crippen molar-refractivity contribution in [3.63, 3.8) is 0 Å². The summed E-state index contributed by atoms with van der Waals surface area (Å²) < 4.78 is 174. The Bertz CT molecular complexity index is 1840. The first-order valence-electron chi connectivity index (χ1n) is 29.8. The molecule has 0 spiro atoms. The van der Waals surface area contributed by atoms with Gasteiger partial charge < -0.3 is 99.5 Å². The fourth-order valence-corrected chi connectivity index (χ4v) is 8.24. The lowest BCUT2D eigenvalue weighted by Gasteiger charge is -2.09. The molecule has 0 radical (unpaired) electrons. The zero-order chi connectivity index (χ0) is 62.3. The molecular weight excluding hydrogens is 1190 g/mol. The van der Waals surface area contributed by atoms with Gasteiger partial charge in [-0.05, 0) is 38.1 Å². The molecule has 2 aromatic carbocycles. The second kappa shape index (κ2) is 61.0. The fraction of sp³-hybridized carbons (Fsp3) is 0.793. The lowest BCUT2D eigenvalue weighted by Crippen LogP contribution is -2.16. The Morgan fingerprint density at radius 3 is 0.402 bits per heavy atom. The van der Waals surface area contributed by atoms with Crippen molar-refractivity contribution in [1.29, 1.82) is 0 Å². The Balaban J connectivity index is 1.11. The highest BCUT2D eigenvalue weighted by Crippen LogP contribution is 2.14. The number of aryl methyl sites for hydroxylation is 2. The summed E-state index contributed by atoms with van der Waals surface area (Å²) in [6, 6.07) is 12.9. The van der Waals surface area contributed by atoms with Gasteiger partial charge in [-0.3, -0.25) is 8.37 Å². The summed E-state index contributed by atoms with van der Waals surface area (Å²) in [6.07, 6.45) is 0. The van der Waals surface area contributed by atoms with Gasteiger partial charge in [0.15, 0.2) is 0 Å². The summed E-state index contributed by atoms with van der Waals surface area (Å²) in [7, 11) is -7.58. The molecule has 29 heteroatoms. The van der Waals surface area contributed by atoms with Crippen LogP contribution in [0, 0.1) is 13.8 Å². The summed E-state index contributed by atoms with van der Waals surface area (Å²) in [5.41, 5.74) is 1.94. The van der Waals surface area contributed by atoms with Gasteiger partial charge in [-0.1, -0.05) is 35.4 Å². The van der Waals surface area contributed by atoms with Crippen LogP contribution in [-0.4, -0.2) is 308 Å². The predicted octanol–water partition coefficient (Wildman–Crippen LogP) is 2.76. The minimum Gasteiger partial charge on any atom is -0.377 e. The van der Waals surface area contributed by atoms with Crippen LogP contribution < -0.4 is 0 Å². The van der Waals surface area contributed by atoms with Crippen molar-refractivity contribution in [2.75, 3.05) is 291 Å². The molecule has 0 N–H and O–H groups in total. The van der Waals surface area contributed by atoms with Crippen LogP contribution in [0.1, 0.15) is 11.1 Å². The number of ether oxygens (including phenoxy) is 21. The molecule has 2 aromatic rings. The highest BCUT2D eigenvalue weighted by molar-refractivity contribution is 7.87. The van der Waals surface area contributed by atoms with Crippen molar-refractivity contribution in [3.8, 4) is 0 Å². The normalized spacial score (nSPS) is 12.1. The third-order valence-electron chi connectivity index (χ3n) is 11.0. The van der Waals surface area contributed by atoms with Crippen LogP contribution in [0.3, 0.4) is 0 Å². The van der Waals surface area contributed by atoms with E-state index in [9.17, 15) is 16.8 Å². The Morgan fingerprint density at radius 1 is 0.184 bits per heavy atom. The first-order chi connectivity index (χ1) is 42.7. The molecule has 0 aliphatic heterocycles. The maximum Gasteiger partial charge on any atom is 0.297 e. The molecule has 0 heterocycles. The molecule has 0 aliphatic carbocycles. The molecule has 0 bridgehead atoms. The minimum atomic E-state index is -3.79. The Morgan fingerprint density at radius 2 is 0.287 bits per heavy atom. The molecule has 0 saturated carbocycles. The predicted molar refractivity (Wildman–Crippen MR) is 316 cm³/mol. The van der Waals surface area contributed by atoms with E-state index in [4.69, 9.17) is 108 Å². The molecule has 0 unspecified atom stereocenters. The van der Waals surface area contributed by atoms with Crippen molar-refractivity contribution < 1.29 is 125 Å². The van der Waals surface area contributed by atoms with E-state index in [0.29, 0.717) is 264 Å². The molecule has 0 atom stereocenters. The van der Waals surface area contributed by atoms with Crippen LogP contribution in [0.15, 0.2) is 58.3 Å². The van der Waals surface area contributed by atoms with Crippen LogP contribution in [0.5, 0.6) is 0 Å². The maximum absolute atomic E-state index is 12.1. The summed E-state index contributed by atoms with van der Waals surface area (Å²) in [5.74, 6) is 0. The van der Waals surface area contributed by atoms with E-state index in [2.05, 4.69) is 0 Å². The second-order valence-electron chi connectivity index (χ2n) is 18.0. The molecule has 0 aromatic heterocycles. The van der Waals surface area contributed by atoms with Gasteiger partial charge in [0.05, 0.1) is 300 Å². The smallest absolute Gasteiger partial charge is 0.297 e. The molecule has 2 rings (SSSR count). The standard InChI is InChI=1S/C58H102O27S2/c1-55-3-7-57(8-4-55)86(59,60)84-53-51-82-49-47-80-45-43-78-41-39-76-37-35-74-33-31-72-29-27-70-25-23-68-21-19-66-17-15-64-13-11-63-12-14-65-16-18-67-20-22-69-24-26-71-28-30-73-32-34-75-36-38-77-40-42-79-44-46-81-48-50-83-52-54-85-87(61,62)58-9-5-56(2)6-10-58/h3-10H,11-54H2,1-2H3. The Labute approximate surface area is 517 Å². The number of hydrogen-bond donors (Lipinski definition) is 0. The van der Waals surface area contributed by atoms with Crippen molar-refractivity contribution >= 4 is 20.2 Å². The molecule has 87 heavy (non-hydrogen) atoms. The lowest BCUT2D eigenvalue weighted by atomic mass is 10.2. The first kappa shape index (κ1) is 80.5. The van der Waals surface area contributed by atoms with Gasteiger partial charge in [0.1, 0.15) is 0 Å². The van der Waals surface area contributed by atoms with Crippen LogP contribution in [0.2, 0.25) is 0 Å². The SMILES string of the molecule is Cc1ccc(S(=O)(=O)OCCOCCOCCOCCOCCOCCOCCOCCOCCOCCOCCOCCOCCOCCOCCOCCOCCOCCOCCOCCOCCOCCOS(=O)(=O)c2ccc(C)cc2)cc1. The van der Waals surface area contributed by atoms with Gasteiger partial charge in [0.25, 0.3) is 20.2 Å². The van der Waals surface area contributed by atoms with Gasteiger partial charge in [0.2, 0.25) is 0 Å². The molecule has 0 saturated heterocycles. The van der Waals surface area contributed by atoms with Crippen LogP contribution in [0.25, 0.3) is 0 Å². The Kier molecular flexibility index (Phi) is 56.4. The highest BCUT2D eigenvalue weighted by Gasteiger charge is 2.16. The minimum absolute atomic E-state index is 0.0706. The zero-order valence-corrected chi connectivity index (χ0v) is 53.2. The second-order valence-corrected chi connectivity index (χ2v) is 21.3. The summed E-state index contributed by atoms with van der Waals surface area (Å²) in [5, 5.41) is 0. The van der Waals surface area contributed by atoms with E-state index < -0.39 is 20.2 Å². The van der Waals surface area contributed by atoms with E-state index >= 15 is 0 Å². The van der Waals surface area contributed by atoms with Crippen molar-refractivity contribution in [3.05, 3.63) is 59.7 Å². The fourth-order valence-electron chi connectivity index (χ4n) is 6.45. The topological polar surface area (TPSA) is 281 Å². The summed E-state index contributed by atoms with van der Waals surface area (Å²) in [4.78, 5) is 0.240. The molecule has 0 amide bonds. The van der Waals surface area contributed by atoms with E-state index in [1.807, 2.05) is 13.8 Å². The van der Waals surface area contributed by atoms with E-state index in [-0.39, 0.29) is 36.2 Å². The number of benzene rings is 2. The maximum atomic E-state index is 12.1. The van der Waals surface area contributed by atoms with Crippen LogP contribution in [-0.2, 0) is 128 Å². The van der Waals surface area contributed by atoms with Gasteiger partial charge in [-0.15, -0.1) is 0 Å². The van der Waals surface area contributed by atoms with Crippen LogP contribution >= 0.6 is 0 Å². The van der Waals surface area contributed by atoms with E-state index in [1.165, 1.54) is 24.3 Å². The quantitative estimate of drug-likeness (QED) is 0.0680. The van der Waals surface area contributed by atoms with Crippen molar-refractivity contribution in [1.82, 2.24) is 0 Å². The van der Waals surface area contributed by atoms with Crippen molar-refractivity contribution in [2.24, 2.45) is 0 Å². The van der Waals surface area contributed by atoms with Gasteiger partial charge >= 0.3 is 0 Å².